The van der Waals surface area contributed by atoms with Crippen LogP contribution in [-0.2, 0) is 0 Å². The third-order valence-corrected chi connectivity index (χ3v) is 2.18. The summed E-state index contributed by atoms with van der Waals surface area (Å²) in [5.74, 6) is 1.00. The fourth-order valence-electron chi connectivity index (χ4n) is 1.28. The minimum absolute atomic E-state index is 0.966. The molecule has 70 valence electrons. The van der Waals surface area contributed by atoms with Crippen LogP contribution in [0.15, 0.2) is 16.6 Å². The van der Waals surface area contributed by atoms with E-state index in [1.54, 1.807) is 0 Å². The van der Waals surface area contributed by atoms with Gasteiger partial charge in [0.25, 0.3) is 0 Å². The first-order valence-electron chi connectivity index (χ1n) is 4.56. The Morgan fingerprint density at radius 1 is 1.15 bits per heavy atom. The average molecular weight is 176 g/mol. The molecule has 1 heteroatoms. The van der Waals surface area contributed by atoms with Crippen molar-refractivity contribution < 1.29 is 4.42 Å². The van der Waals surface area contributed by atoms with Gasteiger partial charge in [0.05, 0.1) is 0 Å². The molecule has 0 radical (unpaired) electrons. The van der Waals surface area contributed by atoms with Crippen molar-refractivity contribution in [1.29, 1.82) is 0 Å². The number of hydrogen-bond acceptors (Lipinski definition) is 1. The molecular formula is C12H16O. The summed E-state index contributed by atoms with van der Waals surface area (Å²) in [6, 6.07) is 0. The SMILES string of the molecule is C\C=C/C=c1/c(C)c(C)o/c1=C/C. The summed E-state index contributed by atoms with van der Waals surface area (Å²) in [6.45, 7) is 8.08. The summed E-state index contributed by atoms with van der Waals surface area (Å²) in [7, 11) is 0. The van der Waals surface area contributed by atoms with Crippen LogP contribution in [0, 0.1) is 13.8 Å². The first-order chi connectivity index (χ1) is 6.20. The van der Waals surface area contributed by atoms with Crippen molar-refractivity contribution in [1.82, 2.24) is 0 Å². The highest BCUT2D eigenvalue weighted by Crippen LogP contribution is 1.96. The number of rotatable bonds is 1. The molecule has 1 nitrogen and oxygen atoms in total. The number of hydrogen-bond donors (Lipinski definition) is 0. The first kappa shape index (κ1) is 9.85. The van der Waals surface area contributed by atoms with Crippen LogP contribution in [0.25, 0.3) is 12.2 Å². The number of allylic oxidation sites excluding steroid dienone is 2. The second kappa shape index (κ2) is 4.13. The van der Waals surface area contributed by atoms with Gasteiger partial charge in [-0.1, -0.05) is 18.2 Å². The van der Waals surface area contributed by atoms with Crippen LogP contribution in [0.3, 0.4) is 0 Å². The summed E-state index contributed by atoms with van der Waals surface area (Å²) in [5, 5.41) is 1.19. The van der Waals surface area contributed by atoms with Crippen molar-refractivity contribution in [2.75, 3.05) is 0 Å². The van der Waals surface area contributed by atoms with Crippen LogP contribution in [-0.4, -0.2) is 0 Å². The third-order valence-electron chi connectivity index (χ3n) is 2.18. The molecule has 0 aliphatic heterocycles. The van der Waals surface area contributed by atoms with Gasteiger partial charge in [-0.25, -0.2) is 0 Å². The summed E-state index contributed by atoms with van der Waals surface area (Å²) in [4.78, 5) is 0. The zero-order valence-electron chi connectivity index (χ0n) is 8.72. The fraction of sp³-hybridized carbons (Fsp3) is 0.333. The second-order valence-corrected chi connectivity index (χ2v) is 3.04. The van der Waals surface area contributed by atoms with E-state index in [1.165, 1.54) is 10.8 Å². The van der Waals surface area contributed by atoms with Crippen molar-refractivity contribution in [2.24, 2.45) is 0 Å². The lowest BCUT2D eigenvalue weighted by Crippen LogP contribution is -2.20. The molecule has 0 aliphatic carbocycles. The van der Waals surface area contributed by atoms with Gasteiger partial charge in [0.1, 0.15) is 11.2 Å². The van der Waals surface area contributed by atoms with Gasteiger partial charge in [0, 0.05) is 5.22 Å². The smallest absolute Gasteiger partial charge is 0.130 e. The van der Waals surface area contributed by atoms with Crippen LogP contribution >= 0.6 is 0 Å². The standard InChI is InChI=1S/C12H16O/c1-5-7-8-11-9(3)10(4)13-12(11)6-2/h5-8H,1-4H3/b7-5-,11-8-,12-6+. The van der Waals surface area contributed by atoms with Crippen molar-refractivity contribution in [3.63, 3.8) is 0 Å². The van der Waals surface area contributed by atoms with Gasteiger partial charge in [-0.05, 0) is 39.3 Å². The van der Waals surface area contributed by atoms with Crippen LogP contribution in [0.4, 0.5) is 0 Å². The maximum atomic E-state index is 5.57. The van der Waals surface area contributed by atoms with Gasteiger partial charge in [0.15, 0.2) is 0 Å². The Morgan fingerprint density at radius 2 is 1.85 bits per heavy atom. The molecule has 0 bridgehead atoms. The van der Waals surface area contributed by atoms with Crippen LogP contribution in [0.2, 0.25) is 0 Å². The molecule has 0 unspecified atom stereocenters. The molecule has 1 aromatic rings. The summed E-state index contributed by atoms with van der Waals surface area (Å²) >= 11 is 0. The zero-order valence-corrected chi connectivity index (χ0v) is 8.72. The Morgan fingerprint density at radius 3 is 2.38 bits per heavy atom. The minimum Gasteiger partial charge on any atom is -0.461 e. The van der Waals surface area contributed by atoms with Crippen LogP contribution in [0.1, 0.15) is 25.2 Å². The first-order valence-corrected chi connectivity index (χ1v) is 4.56. The van der Waals surface area contributed by atoms with Gasteiger partial charge in [-0.2, -0.15) is 0 Å². The van der Waals surface area contributed by atoms with E-state index in [-0.39, 0.29) is 0 Å². The molecule has 0 fully saturated rings. The minimum atomic E-state index is 0.966. The normalized spacial score (nSPS) is 14.8. The van der Waals surface area contributed by atoms with E-state index in [4.69, 9.17) is 4.42 Å². The number of furan rings is 1. The maximum absolute atomic E-state index is 5.57. The molecule has 1 heterocycles. The maximum Gasteiger partial charge on any atom is 0.130 e. The van der Waals surface area contributed by atoms with E-state index in [0.717, 1.165) is 11.2 Å². The molecule has 0 aliphatic rings. The molecule has 0 aromatic carbocycles. The Kier molecular flexibility index (Phi) is 3.13. The molecular weight excluding hydrogens is 160 g/mol. The van der Waals surface area contributed by atoms with Gasteiger partial charge in [-0.15, -0.1) is 0 Å². The van der Waals surface area contributed by atoms with Crippen LogP contribution in [0.5, 0.6) is 0 Å². The quantitative estimate of drug-likeness (QED) is 0.638. The molecule has 0 spiro atoms. The zero-order chi connectivity index (χ0) is 9.84. The molecule has 13 heavy (non-hydrogen) atoms. The van der Waals surface area contributed by atoms with Crippen molar-refractivity contribution >= 4 is 12.2 Å². The van der Waals surface area contributed by atoms with E-state index in [2.05, 4.69) is 13.0 Å². The largest absolute Gasteiger partial charge is 0.461 e. The Balaban J connectivity index is 3.51. The Bertz CT molecular complexity index is 419. The van der Waals surface area contributed by atoms with Gasteiger partial charge in [-0.3, -0.25) is 0 Å². The summed E-state index contributed by atoms with van der Waals surface area (Å²) in [5.41, 5.74) is 2.19. The molecule has 0 amide bonds. The topological polar surface area (TPSA) is 13.1 Å². The lowest BCUT2D eigenvalue weighted by Gasteiger charge is -1.82. The average Bonchev–Trinajstić information content (AvgIpc) is 2.40. The van der Waals surface area contributed by atoms with E-state index in [0.29, 0.717) is 0 Å². The fourth-order valence-corrected chi connectivity index (χ4v) is 1.28. The molecule has 0 N–H and O–H groups in total. The highest BCUT2D eigenvalue weighted by molar-refractivity contribution is 5.41. The summed E-state index contributed by atoms with van der Waals surface area (Å²) in [6.07, 6.45) is 8.13. The van der Waals surface area contributed by atoms with E-state index in [1.807, 2.05) is 39.0 Å². The highest BCUT2D eigenvalue weighted by Gasteiger charge is 1.99. The second-order valence-electron chi connectivity index (χ2n) is 3.04. The highest BCUT2D eigenvalue weighted by atomic mass is 16.3. The van der Waals surface area contributed by atoms with Crippen molar-refractivity contribution in [2.45, 2.75) is 27.7 Å². The predicted molar refractivity (Wildman–Crippen MR) is 56.9 cm³/mol. The molecule has 1 aromatic heterocycles. The van der Waals surface area contributed by atoms with Crippen molar-refractivity contribution in [3.8, 4) is 0 Å². The Labute approximate surface area is 79.1 Å². The lowest BCUT2D eigenvalue weighted by atomic mass is 10.2. The van der Waals surface area contributed by atoms with Crippen LogP contribution < -0.4 is 10.6 Å². The van der Waals surface area contributed by atoms with E-state index in [9.17, 15) is 0 Å². The number of aryl methyl sites for hydroxylation is 1. The molecule has 1 rings (SSSR count). The monoisotopic (exact) mass is 176 g/mol. The van der Waals surface area contributed by atoms with Crippen molar-refractivity contribution in [3.05, 3.63) is 34.1 Å². The predicted octanol–water partition coefficient (Wildman–Crippen LogP) is 2.05. The van der Waals surface area contributed by atoms with Gasteiger partial charge < -0.3 is 4.42 Å². The van der Waals surface area contributed by atoms with Gasteiger partial charge in [0.2, 0.25) is 0 Å². The molecule has 0 atom stereocenters. The molecule has 0 saturated carbocycles. The van der Waals surface area contributed by atoms with E-state index < -0.39 is 0 Å². The van der Waals surface area contributed by atoms with E-state index >= 15 is 0 Å². The third kappa shape index (κ3) is 1.92. The van der Waals surface area contributed by atoms with Gasteiger partial charge >= 0.3 is 0 Å². The molecule has 0 saturated heterocycles. The summed E-state index contributed by atoms with van der Waals surface area (Å²) < 4.78 is 5.57. The Hall–Kier alpha value is -1.24. The lowest BCUT2D eigenvalue weighted by molar-refractivity contribution is 0.499.